The number of nitrogens with one attached hydrogen (secondary N) is 3. The number of carbonyl (C=O) groups is 5. The first-order chi connectivity index (χ1) is 18.0. The highest BCUT2D eigenvalue weighted by Crippen LogP contribution is 2.30. The largest absolute Gasteiger partial charge is 0.444 e. The minimum atomic E-state index is -0.951. The molecular weight excluding hydrogens is 492 g/mol. The first-order valence-corrected chi connectivity index (χ1v) is 12.8. The van der Waals surface area contributed by atoms with Gasteiger partial charge in [0.1, 0.15) is 11.6 Å². The molecule has 3 fully saturated rings. The third-order valence-corrected chi connectivity index (χ3v) is 6.46. The summed E-state index contributed by atoms with van der Waals surface area (Å²) in [5.74, 6) is -1.81. The molecule has 2 bridgehead atoms. The highest BCUT2D eigenvalue weighted by Gasteiger charge is 2.44. The van der Waals surface area contributed by atoms with E-state index in [0.717, 1.165) is 18.4 Å². The van der Waals surface area contributed by atoms with Crippen LogP contribution in [0.15, 0.2) is 30.3 Å². The van der Waals surface area contributed by atoms with Gasteiger partial charge in [0.25, 0.3) is 0 Å². The summed E-state index contributed by atoms with van der Waals surface area (Å²) in [7, 11) is 0. The number of benzene rings is 1. The molecule has 3 atom stereocenters. The van der Waals surface area contributed by atoms with Gasteiger partial charge >= 0.3 is 6.09 Å². The Balaban J connectivity index is 1.57. The Morgan fingerprint density at radius 1 is 0.947 bits per heavy atom. The van der Waals surface area contributed by atoms with E-state index in [1.54, 1.807) is 9.80 Å². The number of nitrogens with zero attached hydrogens (tertiary/aromatic N) is 2. The molecule has 0 aromatic heterocycles. The molecule has 0 saturated carbocycles. The SMILES string of the molecule is CC(C)(C)OC(=O)N1C[C@@H]2CC[C@H]1CN2C(=O)CNC(=O)[C@H](Cc1ccccc1)NC(=O)CNC(=O)CN. The monoisotopic (exact) mass is 530 g/mol. The molecule has 1 aromatic rings. The quantitative estimate of drug-likeness (QED) is 0.335. The summed E-state index contributed by atoms with van der Waals surface area (Å²) >= 11 is 0. The molecule has 0 aliphatic carbocycles. The molecule has 3 aliphatic heterocycles. The maximum atomic E-state index is 13.0. The third kappa shape index (κ3) is 8.17. The minimum Gasteiger partial charge on any atom is -0.444 e. The van der Waals surface area contributed by atoms with Crippen LogP contribution in [0.4, 0.5) is 4.79 Å². The number of piperazine rings is 1. The van der Waals surface area contributed by atoms with Crippen LogP contribution in [0.5, 0.6) is 0 Å². The summed E-state index contributed by atoms with van der Waals surface area (Å²) in [4.78, 5) is 65.8. The van der Waals surface area contributed by atoms with Crippen molar-refractivity contribution in [3.05, 3.63) is 35.9 Å². The molecule has 0 radical (unpaired) electrons. The van der Waals surface area contributed by atoms with Crippen LogP contribution in [0.25, 0.3) is 0 Å². The highest BCUT2D eigenvalue weighted by molar-refractivity contribution is 5.92. The minimum absolute atomic E-state index is 0.136. The van der Waals surface area contributed by atoms with Crippen LogP contribution in [0, 0.1) is 0 Å². The highest BCUT2D eigenvalue weighted by atomic mass is 16.6. The average molecular weight is 531 g/mol. The molecule has 1 aromatic carbocycles. The molecule has 5 amide bonds. The fourth-order valence-electron chi connectivity index (χ4n) is 4.62. The maximum Gasteiger partial charge on any atom is 0.410 e. The van der Waals surface area contributed by atoms with Gasteiger partial charge in [0, 0.05) is 25.6 Å². The second-order valence-electron chi connectivity index (χ2n) is 10.6. The van der Waals surface area contributed by atoms with Crippen LogP contribution in [0.1, 0.15) is 39.2 Å². The lowest BCUT2D eigenvalue weighted by molar-refractivity contribution is -0.142. The van der Waals surface area contributed by atoms with Gasteiger partial charge in [-0.3, -0.25) is 19.2 Å². The predicted molar refractivity (Wildman–Crippen MR) is 139 cm³/mol. The second kappa shape index (κ2) is 12.7. The van der Waals surface area contributed by atoms with E-state index in [-0.39, 0.29) is 50.1 Å². The van der Waals surface area contributed by atoms with Crippen LogP contribution < -0.4 is 21.7 Å². The Bertz CT molecular complexity index is 1030. The zero-order valence-corrected chi connectivity index (χ0v) is 22.2. The van der Waals surface area contributed by atoms with E-state index in [1.807, 2.05) is 51.1 Å². The van der Waals surface area contributed by atoms with Gasteiger partial charge in [0.05, 0.1) is 25.7 Å². The summed E-state index contributed by atoms with van der Waals surface area (Å²) < 4.78 is 5.51. The lowest BCUT2D eigenvalue weighted by Gasteiger charge is -2.51. The maximum absolute atomic E-state index is 13.0. The lowest BCUT2D eigenvalue weighted by atomic mass is 9.91. The van der Waals surface area contributed by atoms with Crippen LogP contribution in [-0.4, -0.2) is 96.0 Å². The number of amides is 5. The summed E-state index contributed by atoms with van der Waals surface area (Å²) in [6.45, 7) is 5.40. The number of fused-ring (bicyclic) bond motifs is 3. The standard InChI is InChI=1S/C26H38N6O6/c1-26(2,3)38-25(37)32-16-18-9-10-19(32)15-31(18)23(35)14-29-24(36)20(11-17-7-5-4-6-8-17)30-22(34)13-28-21(33)12-27/h4-8,18-20H,9-16,27H2,1-3H3,(H,28,33)(H,29,36)(H,30,34)/t18-,19-,20-/m0/s1. The van der Waals surface area contributed by atoms with Crippen LogP contribution in [-0.2, 0) is 30.3 Å². The first-order valence-electron chi connectivity index (χ1n) is 12.8. The van der Waals surface area contributed by atoms with E-state index < -0.39 is 29.4 Å². The van der Waals surface area contributed by atoms with E-state index >= 15 is 0 Å². The van der Waals surface area contributed by atoms with E-state index in [1.165, 1.54) is 0 Å². The Morgan fingerprint density at radius 2 is 1.58 bits per heavy atom. The summed E-state index contributed by atoms with van der Waals surface area (Å²) in [6.07, 6.45) is 1.38. The van der Waals surface area contributed by atoms with Crippen molar-refractivity contribution in [1.29, 1.82) is 0 Å². The van der Waals surface area contributed by atoms with E-state index in [4.69, 9.17) is 10.5 Å². The number of piperidine rings is 2. The number of hydrogen-bond donors (Lipinski definition) is 4. The van der Waals surface area contributed by atoms with E-state index in [2.05, 4.69) is 16.0 Å². The van der Waals surface area contributed by atoms with Crippen molar-refractivity contribution in [1.82, 2.24) is 25.8 Å². The topological polar surface area (TPSA) is 163 Å². The van der Waals surface area contributed by atoms with Gasteiger partial charge in [-0.05, 0) is 39.2 Å². The molecule has 4 rings (SSSR count). The van der Waals surface area contributed by atoms with E-state index in [9.17, 15) is 24.0 Å². The number of ether oxygens (including phenoxy) is 1. The Hall–Kier alpha value is -3.67. The Kier molecular flexibility index (Phi) is 9.67. The normalized spacial score (nSPS) is 19.4. The van der Waals surface area contributed by atoms with E-state index in [0.29, 0.717) is 13.1 Å². The van der Waals surface area contributed by atoms with Gasteiger partial charge in [-0.25, -0.2) is 4.79 Å². The molecule has 0 unspecified atom stereocenters. The summed E-state index contributed by atoms with van der Waals surface area (Å²) in [6, 6.07) is 7.91. The fraction of sp³-hybridized carbons (Fsp3) is 0.577. The van der Waals surface area contributed by atoms with Crippen molar-refractivity contribution in [3.8, 4) is 0 Å². The number of carbonyl (C=O) groups excluding carboxylic acids is 5. The Labute approximate surface area is 222 Å². The van der Waals surface area contributed by atoms with Crippen LogP contribution in [0.2, 0.25) is 0 Å². The average Bonchev–Trinajstić information content (AvgIpc) is 2.89. The van der Waals surface area contributed by atoms with Crippen molar-refractivity contribution in [2.75, 3.05) is 32.7 Å². The van der Waals surface area contributed by atoms with Crippen molar-refractivity contribution < 1.29 is 28.7 Å². The molecule has 208 valence electrons. The molecule has 12 nitrogen and oxygen atoms in total. The molecule has 38 heavy (non-hydrogen) atoms. The van der Waals surface area contributed by atoms with Crippen LogP contribution in [0.3, 0.4) is 0 Å². The summed E-state index contributed by atoms with van der Waals surface area (Å²) in [5, 5.41) is 7.64. The molecular formula is C26H38N6O6. The molecule has 0 spiro atoms. The van der Waals surface area contributed by atoms with Crippen molar-refractivity contribution in [2.45, 2.75) is 63.8 Å². The van der Waals surface area contributed by atoms with Crippen molar-refractivity contribution in [2.24, 2.45) is 5.73 Å². The fourth-order valence-corrected chi connectivity index (χ4v) is 4.62. The number of rotatable bonds is 9. The molecule has 5 N–H and O–H groups in total. The van der Waals surface area contributed by atoms with Crippen LogP contribution >= 0.6 is 0 Å². The lowest BCUT2D eigenvalue weighted by Crippen LogP contribution is -2.66. The number of hydrogen-bond acceptors (Lipinski definition) is 7. The van der Waals surface area contributed by atoms with Gasteiger partial charge in [-0.15, -0.1) is 0 Å². The second-order valence-corrected chi connectivity index (χ2v) is 10.6. The number of nitrogens with two attached hydrogens (primary N) is 1. The van der Waals surface area contributed by atoms with Crippen molar-refractivity contribution in [3.63, 3.8) is 0 Å². The summed E-state index contributed by atoms with van der Waals surface area (Å²) in [5.41, 5.74) is 5.46. The van der Waals surface area contributed by atoms with Gasteiger partial charge in [-0.2, -0.15) is 0 Å². The molecule has 3 aliphatic rings. The predicted octanol–water partition coefficient (Wildman–Crippen LogP) is -0.485. The van der Waals surface area contributed by atoms with Gasteiger partial charge < -0.3 is 36.2 Å². The zero-order valence-electron chi connectivity index (χ0n) is 22.2. The van der Waals surface area contributed by atoms with Gasteiger partial charge in [0.2, 0.25) is 23.6 Å². The molecule has 3 saturated heterocycles. The zero-order chi connectivity index (χ0) is 27.9. The molecule has 3 heterocycles. The van der Waals surface area contributed by atoms with Crippen molar-refractivity contribution >= 4 is 29.7 Å². The van der Waals surface area contributed by atoms with Gasteiger partial charge in [0.15, 0.2) is 0 Å². The third-order valence-electron chi connectivity index (χ3n) is 6.46. The Morgan fingerprint density at radius 3 is 2.16 bits per heavy atom. The van der Waals surface area contributed by atoms with Gasteiger partial charge in [-0.1, -0.05) is 30.3 Å². The smallest absolute Gasteiger partial charge is 0.410 e. The molecule has 12 heteroatoms. The first kappa shape index (κ1) is 28.9.